The van der Waals surface area contributed by atoms with Crippen molar-refractivity contribution in [1.82, 2.24) is 10.2 Å². The number of halogens is 1. The Morgan fingerprint density at radius 3 is 2.65 bits per heavy atom. The first-order chi connectivity index (χ1) is 9.41. The van der Waals surface area contributed by atoms with Crippen molar-refractivity contribution in [3.63, 3.8) is 0 Å². The Kier molecular flexibility index (Phi) is 6.51. The molecule has 0 saturated carbocycles. The number of hydrogen-bond donors (Lipinski definition) is 2. The molecule has 0 spiro atoms. The summed E-state index contributed by atoms with van der Waals surface area (Å²) in [6.07, 6.45) is 0.718. The normalized spacial score (nSPS) is 11.8. The van der Waals surface area contributed by atoms with Crippen molar-refractivity contribution in [2.45, 2.75) is 13.3 Å². The van der Waals surface area contributed by atoms with Gasteiger partial charge in [0.05, 0.1) is 5.92 Å². The number of carboxylic acid groups (broad SMARTS) is 1. The van der Waals surface area contributed by atoms with Gasteiger partial charge in [0.15, 0.2) is 0 Å². The molecule has 1 aromatic rings. The Labute approximate surface area is 127 Å². The first-order valence-electron chi connectivity index (χ1n) is 6.37. The zero-order chi connectivity index (χ0) is 15.1. The van der Waals surface area contributed by atoms with Crippen LogP contribution < -0.4 is 5.32 Å². The molecule has 6 heteroatoms. The van der Waals surface area contributed by atoms with Crippen molar-refractivity contribution in [3.8, 4) is 0 Å². The standard InChI is InChI=1S/C14H19BrN2O3/c1-10(13(18)19)9-17(2)14(20)16-8-7-11-5-3-4-6-12(11)15/h3-6,10H,7-9H2,1-2H3,(H,16,20)(H,18,19). The third-order valence-electron chi connectivity index (χ3n) is 2.94. The van der Waals surface area contributed by atoms with Crippen molar-refractivity contribution in [1.29, 1.82) is 0 Å². The number of carboxylic acids is 1. The van der Waals surface area contributed by atoms with Crippen LogP contribution in [-0.4, -0.2) is 42.1 Å². The van der Waals surface area contributed by atoms with Crippen LogP contribution in [0.15, 0.2) is 28.7 Å². The lowest BCUT2D eigenvalue weighted by Gasteiger charge is -2.20. The molecular formula is C14H19BrN2O3. The topological polar surface area (TPSA) is 69.6 Å². The molecule has 5 nitrogen and oxygen atoms in total. The van der Waals surface area contributed by atoms with Gasteiger partial charge in [-0.25, -0.2) is 4.79 Å². The van der Waals surface area contributed by atoms with E-state index in [1.54, 1.807) is 14.0 Å². The minimum atomic E-state index is -0.905. The van der Waals surface area contributed by atoms with Gasteiger partial charge in [-0.1, -0.05) is 41.1 Å². The Hall–Kier alpha value is -1.56. The number of amides is 2. The lowest BCUT2D eigenvalue weighted by Crippen LogP contribution is -2.41. The number of hydrogen-bond acceptors (Lipinski definition) is 2. The fraction of sp³-hybridized carbons (Fsp3) is 0.429. The summed E-state index contributed by atoms with van der Waals surface area (Å²) in [6, 6.07) is 7.57. The molecule has 0 bridgehead atoms. The van der Waals surface area contributed by atoms with Crippen LogP contribution in [0.5, 0.6) is 0 Å². The van der Waals surface area contributed by atoms with E-state index in [0.717, 1.165) is 16.5 Å². The van der Waals surface area contributed by atoms with Crippen LogP contribution in [0.2, 0.25) is 0 Å². The molecule has 1 aromatic carbocycles. The van der Waals surface area contributed by atoms with Crippen molar-refractivity contribution in [3.05, 3.63) is 34.3 Å². The highest BCUT2D eigenvalue weighted by Gasteiger charge is 2.16. The van der Waals surface area contributed by atoms with Gasteiger partial charge in [-0.3, -0.25) is 4.79 Å². The average molecular weight is 343 g/mol. The second-order valence-corrected chi connectivity index (χ2v) is 5.55. The Morgan fingerprint density at radius 2 is 2.05 bits per heavy atom. The van der Waals surface area contributed by atoms with Crippen LogP contribution in [0.1, 0.15) is 12.5 Å². The third kappa shape index (κ3) is 5.21. The number of benzene rings is 1. The molecule has 1 rings (SSSR count). The number of carbonyl (C=O) groups is 2. The maximum atomic E-state index is 11.8. The summed E-state index contributed by atoms with van der Waals surface area (Å²) in [6.45, 7) is 2.27. The second kappa shape index (κ2) is 7.89. The smallest absolute Gasteiger partial charge is 0.317 e. The van der Waals surface area contributed by atoms with Gasteiger partial charge in [-0.2, -0.15) is 0 Å². The molecule has 2 amide bonds. The van der Waals surface area contributed by atoms with Crippen LogP contribution in [-0.2, 0) is 11.2 Å². The molecule has 1 unspecified atom stereocenters. The predicted molar refractivity (Wildman–Crippen MR) is 80.7 cm³/mol. The van der Waals surface area contributed by atoms with Gasteiger partial charge in [0.25, 0.3) is 0 Å². The van der Waals surface area contributed by atoms with E-state index in [1.807, 2.05) is 24.3 Å². The van der Waals surface area contributed by atoms with E-state index in [2.05, 4.69) is 21.2 Å². The molecule has 0 fully saturated rings. The van der Waals surface area contributed by atoms with Crippen LogP contribution >= 0.6 is 15.9 Å². The fourth-order valence-corrected chi connectivity index (χ4v) is 2.20. The van der Waals surface area contributed by atoms with Crippen LogP contribution in [0.25, 0.3) is 0 Å². The van der Waals surface area contributed by atoms with Gasteiger partial charge in [-0.15, -0.1) is 0 Å². The molecule has 110 valence electrons. The highest BCUT2D eigenvalue weighted by atomic mass is 79.9. The molecule has 0 aromatic heterocycles. The van der Waals surface area contributed by atoms with Crippen LogP contribution in [0.4, 0.5) is 4.79 Å². The quantitative estimate of drug-likeness (QED) is 0.833. The highest BCUT2D eigenvalue weighted by Crippen LogP contribution is 2.15. The molecule has 0 aliphatic carbocycles. The van der Waals surface area contributed by atoms with E-state index in [-0.39, 0.29) is 12.6 Å². The zero-order valence-electron chi connectivity index (χ0n) is 11.6. The largest absolute Gasteiger partial charge is 0.481 e. The van der Waals surface area contributed by atoms with Gasteiger partial charge >= 0.3 is 12.0 Å². The maximum absolute atomic E-state index is 11.8. The highest BCUT2D eigenvalue weighted by molar-refractivity contribution is 9.10. The first-order valence-corrected chi connectivity index (χ1v) is 7.16. The Bertz CT molecular complexity index is 479. The number of rotatable bonds is 6. The van der Waals surface area contributed by atoms with Gasteiger partial charge in [0.2, 0.25) is 0 Å². The summed E-state index contributed by atoms with van der Waals surface area (Å²) in [5.41, 5.74) is 1.12. The Morgan fingerprint density at radius 1 is 1.40 bits per heavy atom. The summed E-state index contributed by atoms with van der Waals surface area (Å²) < 4.78 is 1.02. The van der Waals surface area contributed by atoms with E-state index in [1.165, 1.54) is 4.90 Å². The van der Waals surface area contributed by atoms with E-state index in [4.69, 9.17) is 5.11 Å². The summed E-state index contributed by atoms with van der Waals surface area (Å²) in [7, 11) is 1.59. The van der Waals surface area contributed by atoms with Crippen molar-refractivity contribution in [2.75, 3.05) is 20.1 Å². The van der Waals surface area contributed by atoms with E-state index < -0.39 is 11.9 Å². The summed E-state index contributed by atoms with van der Waals surface area (Å²) in [5.74, 6) is -1.48. The van der Waals surface area contributed by atoms with E-state index >= 15 is 0 Å². The number of aliphatic carboxylic acids is 1. The van der Waals surface area contributed by atoms with Crippen LogP contribution in [0, 0.1) is 5.92 Å². The lowest BCUT2D eigenvalue weighted by molar-refractivity contribution is -0.141. The zero-order valence-corrected chi connectivity index (χ0v) is 13.2. The third-order valence-corrected chi connectivity index (χ3v) is 3.72. The summed E-state index contributed by atoms with van der Waals surface area (Å²) >= 11 is 3.45. The van der Waals surface area contributed by atoms with Gasteiger partial charge in [0.1, 0.15) is 0 Å². The second-order valence-electron chi connectivity index (χ2n) is 4.69. The van der Waals surface area contributed by atoms with Crippen LogP contribution in [0.3, 0.4) is 0 Å². The summed E-state index contributed by atoms with van der Waals surface area (Å²) in [4.78, 5) is 23.9. The minimum Gasteiger partial charge on any atom is -0.481 e. The van der Waals surface area contributed by atoms with Crippen molar-refractivity contribution < 1.29 is 14.7 Å². The van der Waals surface area contributed by atoms with Gasteiger partial charge in [0, 0.05) is 24.6 Å². The number of urea groups is 1. The predicted octanol–water partition coefficient (Wildman–Crippen LogP) is 2.35. The van der Waals surface area contributed by atoms with Crippen molar-refractivity contribution >= 4 is 27.9 Å². The molecule has 0 saturated heterocycles. The number of nitrogens with zero attached hydrogens (tertiary/aromatic N) is 1. The summed E-state index contributed by atoms with van der Waals surface area (Å²) in [5, 5.41) is 11.6. The molecule has 0 radical (unpaired) electrons. The fourth-order valence-electron chi connectivity index (χ4n) is 1.71. The van der Waals surface area contributed by atoms with E-state index in [9.17, 15) is 9.59 Å². The monoisotopic (exact) mass is 342 g/mol. The molecule has 1 atom stereocenters. The molecule has 0 aliphatic heterocycles. The molecule has 0 heterocycles. The molecule has 20 heavy (non-hydrogen) atoms. The molecule has 2 N–H and O–H groups in total. The SMILES string of the molecule is CC(CN(C)C(=O)NCCc1ccccc1Br)C(=O)O. The van der Waals surface area contributed by atoms with Gasteiger partial charge in [-0.05, 0) is 18.1 Å². The average Bonchev–Trinajstić information content (AvgIpc) is 2.40. The van der Waals surface area contributed by atoms with Crippen molar-refractivity contribution in [2.24, 2.45) is 5.92 Å². The number of nitrogens with one attached hydrogen (secondary N) is 1. The number of carbonyl (C=O) groups excluding carboxylic acids is 1. The molecule has 0 aliphatic rings. The van der Waals surface area contributed by atoms with E-state index in [0.29, 0.717) is 6.54 Å². The van der Waals surface area contributed by atoms with Gasteiger partial charge < -0.3 is 15.3 Å². The lowest BCUT2D eigenvalue weighted by atomic mass is 10.1. The maximum Gasteiger partial charge on any atom is 0.317 e. The molecular weight excluding hydrogens is 324 g/mol. The minimum absolute atomic E-state index is 0.191. The Balaban J connectivity index is 2.36. The first kappa shape index (κ1) is 16.5.